The van der Waals surface area contributed by atoms with Crippen molar-refractivity contribution in [3.8, 4) is 0 Å². The lowest BCUT2D eigenvalue weighted by atomic mass is 9.67. The van der Waals surface area contributed by atoms with E-state index in [9.17, 15) is 0 Å². The lowest BCUT2D eigenvalue weighted by molar-refractivity contribution is 0.0241. The van der Waals surface area contributed by atoms with Gasteiger partial charge >= 0.3 is 0 Å². The second-order valence-corrected chi connectivity index (χ2v) is 6.78. The van der Waals surface area contributed by atoms with Crippen LogP contribution in [-0.4, -0.2) is 52.0 Å². The third kappa shape index (κ3) is 4.58. The van der Waals surface area contributed by atoms with Crippen molar-refractivity contribution in [3.05, 3.63) is 0 Å². The van der Waals surface area contributed by atoms with Crippen molar-refractivity contribution in [2.45, 2.75) is 51.0 Å². The predicted octanol–water partition coefficient (Wildman–Crippen LogP) is 1.93. The quantitative estimate of drug-likeness (QED) is 0.557. The topological polar surface area (TPSA) is 54.9 Å². The normalized spacial score (nSPS) is 28.2. The molecule has 2 fully saturated rings. The maximum absolute atomic E-state index is 5.80. The minimum absolute atomic E-state index is 0.0399. The Hall–Kier alpha value is -0.810. The van der Waals surface area contributed by atoms with Gasteiger partial charge in [0, 0.05) is 40.5 Å². The molecule has 1 saturated carbocycles. The molecular formula is C16H31N3O2. The summed E-state index contributed by atoms with van der Waals surface area (Å²) in [5, 5.41) is 6.90. The maximum atomic E-state index is 5.80. The number of hydrogen-bond donors (Lipinski definition) is 2. The number of guanidine groups is 1. The van der Waals surface area contributed by atoms with Crippen LogP contribution in [0.3, 0.4) is 0 Å². The number of aliphatic imine (C=N–C) groups is 1. The van der Waals surface area contributed by atoms with Crippen molar-refractivity contribution in [1.82, 2.24) is 10.6 Å². The average Bonchev–Trinajstić information content (AvgIpc) is 2.87. The van der Waals surface area contributed by atoms with Crippen LogP contribution in [0.1, 0.15) is 45.4 Å². The minimum atomic E-state index is -0.0399. The van der Waals surface area contributed by atoms with E-state index in [1.165, 1.54) is 19.3 Å². The van der Waals surface area contributed by atoms with Gasteiger partial charge in [-0.25, -0.2) is 0 Å². The van der Waals surface area contributed by atoms with Crippen molar-refractivity contribution < 1.29 is 9.47 Å². The first-order chi connectivity index (χ1) is 10.1. The Morgan fingerprint density at radius 2 is 1.95 bits per heavy atom. The number of methoxy groups -OCH3 is 1. The second kappa shape index (κ2) is 7.45. The van der Waals surface area contributed by atoms with Crippen molar-refractivity contribution in [2.75, 3.05) is 40.5 Å². The highest BCUT2D eigenvalue weighted by atomic mass is 16.5. The van der Waals surface area contributed by atoms with Crippen LogP contribution in [0.15, 0.2) is 4.99 Å². The highest BCUT2D eigenvalue weighted by Gasteiger charge is 2.36. The molecule has 1 aliphatic heterocycles. The molecule has 21 heavy (non-hydrogen) atoms. The molecule has 0 amide bonds. The van der Waals surface area contributed by atoms with E-state index in [2.05, 4.69) is 22.5 Å². The fraction of sp³-hybridized carbons (Fsp3) is 0.938. The molecular weight excluding hydrogens is 266 g/mol. The number of ether oxygens (including phenoxy) is 2. The standard InChI is InChI=1S/C16H31N3O2/c1-15(6-5-10-21-15)12-18-14(17-2)19-13-16(7-4-8-16)9-11-20-3/h4-13H2,1-3H3,(H2,17,18,19). The number of rotatable bonds is 7. The van der Waals surface area contributed by atoms with Crippen molar-refractivity contribution in [2.24, 2.45) is 10.4 Å². The third-order valence-electron chi connectivity index (χ3n) is 5.04. The van der Waals surface area contributed by atoms with E-state index in [-0.39, 0.29) is 5.60 Å². The van der Waals surface area contributed by atoms with Gasteiger partial charge in [0.2, 0.25) is 0 Å². The molecule has 1 heterocycles. The van der Waals surface area contributed by atoms with Crippen molar-refractivity contribution >= 4 is 5.96 Å². The van der Waals surface area contributed by atoms with E-state index in [1.807, 2.05) is 7.05 Å². The van der Waals surface area contributed by atoms with Gasteiger partial charge in [-0.3, -0.25) is 4.99 Å². The highest BCUT2D eigenvalue weighted by Crippen LogP contribution is 2.43. The molecule has 0 radical (unpaired) electrons. The molecule has 5 heteroatoms. The lowest BCUT2D eigenvalue weighted by Crippen LogP contribution is -2.49. The number of hydrogen-bond acceptors (Lipinski definition) is 3. The SMILES string of the molecule is CN=C(NCC1(CCOC)CCC1)NCC1(C)CCCO1. The smallest absolute Gasteiger partial charge is 0.191 e. The number of nitrogens with one attached hydrogen (secondary N) is 2. The van der Waals surface area contributed by atoms with Gasteiger partial charge < -0.3 is 20.1 Å². The summed E-state index contributed by atoms with van der Waals surface area (Å²) in [5.74, 6) is 0.885. The lowest BCUT2D eigenvalue weighted by Gasteiger charge is -2.42. The summed E-state index contributed by atoms with van der Waals surface area (Å²) in [6.45, 7) is 5.70. The van der Waals surface area contributed by atoms with Gasteiger partial charge in [0.15, 0.2) is 5.96 Å². The maximum Gasteiger partial charge on any atom is 0.191 e. The van der Waals surface area contributed by atoms with E-state index < -0.39 is 0 Å². The van der Waals surface area contributed by atoms with E-state index in [1.54, 1.807) is 7.11 Å². The summed E-state index contributed by atoms with van der Waals surface area (Å²) in [6, 6.07) is 0. The van der Waals surface area contributed by atoms with E-state index in [0.717, 1.165) is 51.5 Å². The van der Waals surface area contributed by atoms with Gasteiger partial charge in [0.25, 0.3) is 0 Å². The van der Waals surface area contributed by atoms with Crippen molar-refractivity contribution in [3.63, 3.8) is 0 Å². The Morgan fingerprint density at radius 3 is 2.48 bits per heavy atom. The summed E-state index contributed by atoms with van der Waals surface area (Å²) < 4.78 is 11.0. The zero-order valence-corrected chi connectivity index (χ0v) is 13.8. The second-order valence-electron chi connectivity index (χ2n) is 6.78. The molecule has 2 N–H and O–H groups in total. The molecule has 2 aliphatic rings. The molecule has 122 valence electrons. The monoisotopic (exact) mass is 297 g/mol. The molecule has 1 atom stereocenters. The molecule has 1 unspecified atom stereocenters. The van der Waals surface area contributed by atoms with Crippen LogP contribution < -0.4 is 10.6 Å². The molecule has 2 rings (SSSR count). The van der Waals surface area contributed by atoms with E-state index >= 15 is 0 Å². The molecule has 1 aliphatic carbocycles. The number of nitrogens with zero attached hydrogens (tertiary/aromatic N) is 1. The largest absolute Gasteiger partial charge is 0.385 e. The van der Waals surface area contributed by atoms with Crippen LogP contribution in [0.25, 0.3) is 0 Å². The van der Waals surface area contributed by atoms with Gasteiger partial charge in [0.05, 0.1) is 5.60 Å². The first-order valence-electron chi connectivity index (χ1n) is 8.19. The molecule has 5 nitrogen and oxygen atoms in total. The first-order valence-corrected chi connectivity index (χ1v) is 8.19. The van der Waals surface area contributed by atoms with Crippen LogP contribution in [-0.2, 0) is 9.47 Å². The van der Waals surface area contributed by atoms with Gasteiger partial charge in [-0.1, -0.05) is 6.42 Å². The molecule has 0 aromatic heterocycles. The molecule has 0 bridgehead atoms. The zero-order valence-electron chi connectivity index (χ0n) is 13.8. The van der Waals surface area contributed by atoms with Crippen LogP contribution in [0, 0.1) is 5.41 Å². The van der Waals surface area contributed by atoms with Crippen LogP contribution in [0.4, 0.5) is 0 Å². The Balaban J connectivity index is 1.74. The third-order valence-corrected chi connectivity index (χ3v) is 5.04. The van der Waals surface area contributed by atoms with Gasteiger partial charge in [-0.05, 0) is 44.4 Å². The van der Waals surface area contributed by atoms with Crippen LogP contribution >= 0.6 is 0 Å². The van der Waals surface area contributed by atoms with Crippen LogP contribution in [0.5, 0.6) is 0 Å². The summed E-state index contributed by atoms with van der Waals surface area (Å²) in [7, 11) is 3.61. The van der Waals surface area contributed by atoms with E-state index in [0.29, 0.717) is 5.41 Å². The van der Waals surface area contributed by atoms with Crippen molar-refractivity contribution in [1.29, 1.82) is 0 Å². The fourth-order valence-electron chi connectivity index (χ4n) is 3.25. The van der Waals surface area contributed by atoms with Gasteiger partial charge in [0.1, 0.15) is 0 Å². The summed E-state index contributed by atoms with van der Waals surface area (Å²) >= 11 is 0. The molecule has 0 aromatic carbocycles. The predicted molar refractivity (Wildman–Crippen MR) is 85.7 cm³/mol. The highest BCUT2D eigenvalue weighted by molar-refractivity contribution is 5.79. The Morgan fingerprint density at radius 1 is 1.19 bits per heavy atom. The molecule has 0 spiro atoms. The van der Waals surface area contributed by atoms with Gasteiger partial charge in [-0.2, -0.15) is 0 Å². The first kappa shape index (κ1) is 16.6. The average molecular weight is 297 g/mol. The zero-order chi connectivity index (χ0) is 15.2. The van der Waals surface area contributed by atoms with E-state index in [4.69, 9.17) is 9.47 Å². The summed E-state index contributed by atoms with van der Waals surface area (Å²) in [5.41, 5.74) is 0.364. The minimum Gasteiger partial charge on any atom is -0.385 e. The summed E-state index contributed by atoms with van der Waals surface area (Å²) in [6.07, 6.45) is 7.33. The Labute approximate surface area is 128 Å². The fourth-order valence-corrected chi connectivity index (χ4v) is 3.25. The Kier molecular flexibility index (Phi) is 5.88. The van der Waals surface area contributed by atoms with Crippen LogP contribution in [0.2, 0.25) is 0 Å². The van der Waals surface area contributed by atoms with Gasteiger partial charge in [-0.15, -0.1) is 0 Å². The summed E-state index contributed by atoms with van der Waals surface area (Å²) in [4.78, 5) is 4.33. The molecule has 1 saturated heterocycles. The Bertz CT molecular complexity index is 347. The molecule has 0 aromatic rings.